The summed E-state index contributed by atoms with van der Waals surface area (Å²) in [6.45, 7) is 0. The first-order chi connectivity index (χ1) is 12.0. The van der Waals surface area contributed by atoms with Gasteiger partial charge in [-0.2, -0.15) is 0 Å². The predicted molar refractivity (Wildman–Crippen MR) is 103 cm³/mol. The molecule has 1 aliphatic rings. The molecule has 3 rings (SSSR count). The highest BCUT2D eigenvalue weighted by molar-refractivity contribution is 6.35. The van der Waals surface area contributed by atoms with Gasteiger partial charge in [0.05, 0.1) is 17.5 Å². The molecule has 0 spiro atoms. The topological polar surface area (TPSA) is 38.3 Å². The van der Waals surface area contributed by atoms with Crippen LogP contribution in [0.25, 0.3) is 0 Å². The van der Waals surface area contributed by atoms with E-state index in [9.17, 15) is 4.79 Å². The van der Waals surface area contributed by atoms with E-state index in [0.717, 1.165) is 31.2 Å². The van der Waals surface area contributed by atoms with Gasteiger partial charge in [0, 0.05) is 15.7 Å². The van der Waals surface area contributed by atoms with Gasteiger partial charge in [-0.15, -0.1) is 0 Å². The van der Waals surface area contributed by atoms with Crippen molar-refractivity contribution in [3.05, 3.63) is 57.0 Å². The van der Waals surface area contributed by atoms with E-state index in [4.69, 9.17) is 39.5 Å². The fraction of sp³-hybridized carbons (Fsp3) is 0.316. The van der Waals surface area contributed by atoms with E-state index in [-0.39, 0.29) is 5.91 Å². The highest BCUT2D eigenvalue weighted by Crippen LogP contribution is 2.45. The van der Waals surface area contributed by atoms with E-state index in [1.54, 1.807) is 37.4 Å². The minimum absolute atomic E-state index is 0.0737. The average Bonchev–Trinajstić information content (AvgIpc) is 3.06. The van der Waals surface area contributed by atoms with Gasteiger partial charge < -0.3 is 10.1 Å². The summed E-state index contributed by atoms with van der Waals surface area (Å²) in [5.41, 5.74) is 0.814. The summed E-state index contributed by atoms with van der Waals surface area (Å²) >= 11 is 18.6. The van der Waals surface area contributed by atoms with Crippen molar-refractivity contribution in [2.75, 3.05) is 12.4 Å². The molecule has 6 heteroatoms. The summed E-state index contributed by atoms with van der Waals surface area (Å²) in [6, 6.07) is 10.5. The zero-order valence-electron chi connectivity index (χ0n) is 13.7. The third kappa shape index (κ3) is 3.59. The monoisotopic (exact) mass is 397 g/mol. The largest absolute Gasteiger partial charge is 0.495 e. The number of rotatable bonds is 4. The first-order valence-corrected chi connectivity index (χ1v) is 9.20. The number of nitrogens with one attached hydrogen (secondary N) is 1. The van der Waals surface area contributed by atoms with Crippen LogP contribution in [0.3, 0.4) is 0 Å². The maximum Gasteiger partial charge on any atom is 0.235 e. The van der Waals surface area contributed by atoms with E-state index >= 15 is 0 Å². The first-order valence-electron chi connectivity index (χ1n) is 8.07. The molecule has 0 aliphatic heterocycles. The minimum Gasteiger partial charge on any atom is -0.495 e. The van der Waals surface area contributed by atoms with Crippen LogP contribution in [0.1, 0.15) is 31.2 Å². The Morgan fingerprint density at radius 2 is 1.76 bits per heavy atom. The molecule has 1 saturated carbocycles. The lowest BCUT2D eigenvalue weighted by molar-refractivity contribution is -0.121. The van der Waals surface area contributed by atoms with Crippen molar-refractivity contribution in [3.8, 4) is 5.75 Å². The summed E-state index contributed by atoms with van der Waals surface area (Å²) < 4.78 is 5.15. The second-order valence-electron chi connectivity index (χ2n) is 6.22. The summed E-state index contributed by atoms with van der Waals surface area (Å²) in [5.74, 6) is 0.492. The molecule has 0 atom stereocenters. The molecule has 2 aromatic carbocycles. The Morgan fingerprint density at radius 3 is 2.36 bits per heavy atom. The van der Waals surface area contributed by atoms with E-state index in [1.807, 2.05) is 6.07 Å². The Kier molecular flexibility index (Phi) is 5.47. The van der Waals surface area contributed by atoms with Crippen LogP contribution in [0.4, 0.5) is 5.69 Å². The fourth-order valence-electron chi connectivity index (χ4n) is 3.47. The lowest BCUT2D eigenvalue weighted by atomic mass is 9.78. The molecule has 132 valence electrons. The zero-order valence-corrected chi connectivity index (χ0v) is 16.0. The van der Waals surface area contributed by atoms with Gasteiger partial charge in [0.1, 0.15) is 5.75 Å². The normalized spacial score (nSPS) is 15.8. The standard InChI is InChI=1S/C19H18Cl3NO2/c1-25-17-7-5-13(11-16(17)22)23-18(24)19(8-2-3-9-19)14-6-4-12(20)10-15(14)21/h4-7,10-11H,2-3,8-9H2,1H3,(H,23,24). The van der Waals surface area contributed by atoms with Gasteiger partial charge in [0.25, 0.3) is 0 Å². The molecular weight excluding hydrogens is 381 g/mol. The fourth-order valence-corrected chi connectivity index (χ4v) is 4.32. The van der Waals surface area contributed by atoms with Gasteiger partial charge in [0.15, 0.2) is 0 Å². The second kappa shape index (κ2) is 7.45. The molecule has 0 unspecified atom stereocenters. The third-order valence-electron chi connectivity index (χ3n) is 4.75. The molecule has 0 radical (unpaired) electrons. The van der Waals surface area contributed by atoms with Gasteiger partial charge in [-0.3, -0.25) is 4.79 Å². The minimum atomic E-state index is -0.645. The predicted octanol–water partition coefficient (Wildman–Crippen LogP) is 6.11. The number of benzene rings is 2. The Hall–Kier alpha value is -1.42. The number of ether oxygens (including phenoxy) is 1. The summed E-state index contributed by atoms with van der Waals surface area (Å²) in [4.78, 5) is 13.2. The van der Waals surface area contributed by atoms with Gasteiger partial charge in [-0.1, -0.05) is 53.7 Å². The summed E-state index contributed by atoms with van der Waals surface area (Å²) in [7, 11) is 1.55. The molecule has 0 bridgehead atoms. The Balaban J connectivity index is 1.92. The smallest absolute Gasteiger partial charge is 0.235 e. The number of methoxy groups -OCH3 is 1. The molecular formula is C19H18Cl3NO2. The number of hydrogen-bond acceptors (Lipinski definition) is 2. The van der Waals surface area contributed by atoms with Crippen molar-refractivity contribution in [3.63, 3.8) is 0 Å². The first kappa shape index (κ1) is 18.4. The maximum atomic E-state index is 13.2. The molecule has 1 N–H and O–H groups in total. The van der Waals surface area contributed by atoms with Crippen LogP contribution in [0.5, 0.6) is 5.75 Å². The lowest BCUT2D eigenvalue weighted by Crippen LogP contribution is -2.38. The molecule has 0 heterocycles. The van der Waals surface area contributed by atoms with Crippen LogP contribution in [0.15, 0.2) is 36.4 Å². The van der Waals surface area contributed by atoms with Crippen LogP contribution in [-0.2, 0) is 10.2 Å². The number of amides is 1. The SMILES string of the molecule is COc1ccc(NC(=O)C2(c3ccc(Cl)cc3Cl)CCCC2)cc1Cl. The number of halogens is 3. The van der Waals surface area contributed by atoms with Crippen molar-refractivity contribution in [2.24, 2.45) is 0 Å². The number of anilines is 1. The van der Waals surface area contributed by atoms with Gasteiger partial charge in [-0.05, 0) is 48.7 Å². The number of carbonyl (C=O) groups excluding carboxylic acids is 1. The van der Waals surface area contributed by atoms with Crippen LogP contribution >= 0.6 is 34.8 Å². The maximum absolute atomic E-state index is 13.2. The van der Waals surface area contributed by atoms with Crippen molar-refractivity contribution in [1.29, 1.82) is 0 Å². The number of carbonyl (C=O) groups is 1. The molecule has 25 heavy (non-hydrogen) atoms. The van der Waals surface area contributed by atoms with Crippen LogP contribution in [-0.4, -0.2) is 13.0 Å². The molecule has 1 fully saturated rings. The van der Waals surface area contributed by atoms with Gasteiger partial charge in [-0.25, -0.2) is 0 Å². The summed E-state index contributed by atoms with van der Waals surface area (Å²) in [6.07, 6.45) is 3.47. The quantitative estimate of drug-likeness (QED) is 0.675. The van der Waals surface area contributed by atoms with Crippen LogP contribution in [0, 0.1) is 0 Å². The third-order valence-corrected chi connectivity index (χ3v) is 5.59. The molecule has 2 aromatic rings. The van der Waals surface area contributed by atoms with Crippen molar-refractivity contribution in [1.82, 2.24) is 0 Å². The molecule has 0 saturated heterocycles. The van der Waals surface area contributed by atoms with Crippen LogP contribution < -0.4 is 10.1 Å². The summed E-state index contributed by atoms with van der Waals surface area (Å²) in [5, 5.41) is 4.52. The zero-order chi connectivity index (χ0) is 18.0. The van der Waals surface area contributed by atoms with Crippen LogP contribution in [0.2, 0.25) is 15.1 Å². The van der Waals surface area contributed by atoms with Gasteiger partial charge in [0.2, 0.25) is 5.91 Å². The van der Waals surface area contributed by atoms with E-state index in [1.165, 1.54) is 0 Å². The molecule has 1 amide bonds. The lowest BCUT2D eigenvalue weighted by Gasteiger charge is -2.29. The van der Waals surface area contributed by atoms with Crippen molar-refractivity contribution in [2.45, 2.75) is 31.1 Å². The number of hydrogen-bond donors (Lipinski definition) is 1. The van der Waals surface area contributed by atoms with E-state index < -0.39 is 5.41 Å². The van der Waals surface area contributed by atoms with Gasteiger partial charge >= 0.3 is 0 Å². The molecule has 3 nitrogen and oxygen atoms in total. The Labute approximate surface area is 162 Å². The Morgan fingerprint density at radius 1 is 1.04 bits per heavy atom. The second-order valence-corrected chi connectivity index (χ2v) is 7.47. The molecule has 1 aliphatic carbocycles. The highest BCUT2D eigenvalue weighted by atomic mass is 35.5. The van der Waals surface area contributed by atoms with E-state index in [2.05, 4.69) is 5.32 Å². The van der Waals surface area contributed by atoms with Crippen molar-refractivity contribution < 1.29 is 9.53 Å². The Bertz CT molecular complexity index is 801. The van der Waals surface area contributed by atoms with E-state index in [0.29, 0.717) is 26.5 Å². The van der Waals surface area contributed by atoms with Crippen molar-refractivity contribution >= 4 is 46.4 Å². The average molecular weight is 399 g/mol. The molecule has 0 aromatic heterocycles. The highest BCUT2D eigenvalue weighted by Gasteiger charge is 2.44.